The molecular weight excluding hydrogens is 178 g/mol. The van der Waals surface area contributed by atoms with Gasteiger partial charge in [0.25, 0.3) is 0 Å². The zero-order chi connectivity index (χ0) is 9.14. The third-order valence-corrected chi connectivity index (χ3v) is 1.82. The van der Waals surface area contributed by atoms with Gasteiger partial charge in [-0.25, -0.2) is 4.79 Å². The zero-order valence-corrected chi connectivity index (χ0v) is 7.59. The Kier molecular flexibility index (Phi) is 2.65. The predicted octanol–water partition coefficient (Wildman–Crippen LogP) is 1.63. The molecule has 5 heteroatoms. The molecule has 1 aromatic heterocycles. The van der Waals surface area contributed by atoms with Crippen molar-refractivity contribution in [3.63, 3.8) is 0 Å². The maximum absolute atomic E-state index is 10.4. The van der Waals surface area contributed by atoms with Gasteiger partial charge in [-0.3, -0.25) is 0 Å². The molecule has 0 unspecified atom stereocenters. The van der Waals surface area contributed by atoms with Crippen molar-refractivity contribution in [2.24, 2.45) is 0 Å². The third kappa shape index (κ3) is 2.20. The van der Waals surface area contributed by atoms with E-state index in [-0.39, 0.29) is 11.0 Å². The number of nitrogens with zero attached hydrogens (tertiary/aromatic N) is 1. The number of rotatable bonds is 3. The van der Waals surface area contributed by atoms with E-state index in [0.717, 1.165) is 11.5 Å². The maximum Gasteiger partial charge on any atom is 0.347 e. The molecule has 0 saturated carbocycles. The average molecular weight is 187 g/mol. The molecular formula is C7H9NO3S. The summed E-state index contributed by atoms with van der Waals surface area (Å²) in [4.78, 5) is 10.6. The molecule has 0 saturated heterocycles. The SMILES string of the molecule is CC(C)Oc1cc(C(=O)O)sn1. The monoisotopic (exact) mass is 187 g/mol. The molecule has 4 nitrogen and oxygen atoms in total. The molecule has 0 aromatic carbocycles. The summed E-state index contributed by atoms with van der Waals surface area (Å²) in [5.74, 6) is -0.585. The van der Waals surface area contributed by atoms with E-state index in [1.54, 1.807) is 0 Å². The number of aromatic carboxylic acids is 1. The van der Waals surface area contributed by atoms with E-state index in [2.05, 4.69) is 4.37 Å². The molecule has 0 spiro atoms. The first-order valence-electron chi connectivity index (χ1n) is 3.46. The number of hydrogen-bond acceptors (Lipinski definition) is 4. The first-order valence-corrected chi connectivity index (χ1v) is 4.23. The Morgan fingerprint density at radius 1 is 1.75 bits per heavy atom. The van der Waals surface area contributed by atoms with Crippen LogP contribution in [0.15, 0.2) is 6.07 Å². The van der Waals surface area contributed by atoms with Crippen molar-refractivity contribution in [1.29, 1.82) is 0 Å². The molecule has 1 N–H and O–H groups in total. The minimum absolute atomic E-state index is 0.0220. The fraction of sp³-hybridized carbons (Fsp3) is 0.429. The van der Waals surface area contributed by atoms with Crippen LogP contribution < -0.4 is 4.74 Å². The van der Waals surface area contributed by atoms with Gasteiger partial charge in [-0.15, -0.1) is 0 Å². The lowest BCUT2D eigenvalue weighted by atomic mass is 10.4. The Hall–Kier alpha value is -1.10. The van der Waals surface area contributed by atoms with Crippen molar-refractivity contribution >= 4 is 17.5 Å². The molecule has 66 valence electrons. The van der Waals surface area contributed by atoms with Crippen LogP contribution >= 0.6 is 11.5 Å². The lowest BCUT2D eigenvalue weighted by Crippen LogP contribution is -2.05. The van der Waals surface area contributed by atoms with Crippen LogP contribution in [0.3, 0.4) is 0 Å². The molecule has 12 heavy (non-hydrogen) atoms. The second kappa shape index (κ2) is 3.53. The zero-order valence-electron chi connectivity index (χ0n) is 6.77. The van der Waals surface area contributed by atoms with Crippen LogP contribution in [0.5, 0.6) is 5.88 Å². The van der Waals surface area contributed by atoms with Gasteiger partial charge in [-0.2, -0.15) is 4.37 Å². The topological polar surface area (TPSA) is 59.4 Å². The fourth-order valence-electron chi connectivity index (χ4n) is 0.657. The first-order chi connectivity index (χ1) is 5.59. The summed E-state index contributed by atoms with van der Waals surface area (Å²) in [6.07, 6.45) is 0.0220. The summed E-state index contributed by atoms with van der Waals surface area (Å²) < 4.78 is 9.00. The summed E-state index contributed by atoms with van der Waals surface area (Å²) in [5, 5.41) is 8.55. The van der Waals surface area contributed by atoms with Gasteiger partial charge in [0.05, 0.1) is 6.10 Å². The van der Waals surface area contributed by atoms with Crippen molar-refractivity contribution in [3.05, 3.63) is 10.9 Å². The van der Waals surface area contributed by atoms with Crippen LogP contribution in [-0.4, -0.2) is 21.6 Å². The van der Waals surface area contributed by atoms with Crippen molar-refractivity contribution in [3.8, 4) is 5.88 Å². The highest BCUT2D eigenvalue weighted by Gasteiger charge is 2.09. The minimum Gasteiger partial charge on any atom is -0.477 e. The van der Waals surface area contributed by atoms with E-state index in [1.165, 1.54) is 6.07 Å². The van der Waals surface area contributed by atoms with Crippen LogP contribution in [-0.2, 0) is 0 Å². The molecule has 1 aromatic rings. The lowest BCUT2D eigenvalue weighted by molar-refractivity contribution is 0.0701. The van der Waals surface area contributed by atoms with Gasteiger partial charge in [0.2, 0.25) is 5.88 Å². The number of ether oxygens (including phenoxy) is 1. The summed E-state index contributed by atoms with van der Waals surface area (Å²) in [6.45, 7) is 3.72. The molecule has 0 radical (unpaired) electrons. The summed E-state index contributed by atoms with van der Waals surface area (Å²) in [7, 11) is 0. The molecule has 0 aliphatic heterocycles. The largest absolute Gasteiger partial charge is 0.477 e. The number of carbonyl (C=O) groups is 1. The highest BCUT2D eigenvalue weighted by Crippen LogP contribution is 2.17. The van der Waals surface area contributed by atoms with E-state index in [0.29, 0.717) is 5.88 Å². The molecule has 0 aliphatic rings. The van der Waals surface area contributed by atoms with Gasteiger partial charge in [-0.1, -0.05) is 0 Å². The highest BCUT2D eigenvalue weighted by atomic mass is 32.1. The Morgan fingerprint density at radius 2 is 2.42 bits per heavy atom. The molecule has 0 aliphatic carbocycles. The van der Waals surface area contributed by atoms with Crippen LogP contribution in [0.1, 0.15) is 23.5 Å². The van der Waals surface area contributed by atoms with Gasteiger partial charge in [0.15, 0.2) is 0 Å². The maximum atomic E-state index is 10.4. The van der Waals surface area contributed by atoms with E-state index in [9.17, 15) is 4.79 Å². The van der Waals surface area contributed by atoms with Gasteiger partial charge in [-0.05, 0) is 25.4 Å². The Bertz CT molecular complexity index is 282. The molecule has 1 rings (SSSR count). The number of carboxylic acids is 1. The van der Waals surface area contributed by atoms with Crippen LogP contribution in [0, 0.1) is 0 Å². The number of carboxylic acid groups (broad SMARTS) is 1. The van der Waals surface area contributed by atoms with Gasteiger partial charge in [0, 0.05) is 6.07 Å². The number of hydrogen-bond donors (Lipinski definition) is 1. The van der Waals surface area contributed by atoms with Crippen molar-refractivity contribution in [2.45, 2.75) is 20.0 Å². The van der Waals surface area contributed by atoms with Gasteiger partial charge < -0.3 is 9.84 Å². The molecule has 0 amide bonds. The Labute approximate surface area is 74.0 Å². The highest BCUT2D eigenvalue weighted by molar-refractivity contribution is 7.08. The van der Waals surface area contributed by atoms with Crippen molar-refractivity contribution in [2.75, 3.05) is 0 Å². The first kappa shape index (κ1) is 8.99. The normalized spacial score (nSPS) is 10.2. The van der Waals surface area contributed by atoms with Crippen LogP contribution in [0.25, 0.3) is 0 Å². The smallest absolute Gasteiger partial charge is 0.347 e. The minimum atomic E-state index is -0.967. The predicted molar refractivity (Wildman–Crippen MR) is 44.8 cm³/mol. The fourth-order valence-corrected chi connectivity index (χ4v) is 1.17. The average Bonchev–Trinajstić information content (AvgIpc) is 2.34. The van der Waals surface area contributed by atoms with E-state index < -0.39 is 5.97 Å². The molecule has 1 heterocycles. The van der Waals surface area contributed by atoms with E-state index >= 15 is 0 Å². The van der Waals surface area contributed by atoms with Crippen LogP contribution in [0.4, 0.5) is 0 Å². The lowest BCUT2D eigenvalue weighted by Gasteiger charge is -2.03. The van der Waals surface area contributed by atoms with Gasteiger partial charge >= 0.3 is 5.97 Å². The third-order valence-electron chi connectivity index (χ3n) is 1.06. The molecule has 0 bridgehead atoms. The summed E-state index contributed by atoms with van der Waals surface area (Å²) >= 11 is 0.925. The summed E-state index contributed by atoms with van der Waals surface area (Å²) in [6, 6.07) is 1.42. The second-order valence-electron chi connectivity index (χ2n) is 2.50. The quantitative estimate of drug-likeness (QED) is 0.781. The Balaban J connectivity index is 2.71. The number of aromatic nitrogens is 1. The molecule has 0 atom stereocenters. The molecule has 0 fully saturated rings. The van der Waals surface area contributed by atoms with E-state index in [4.69, 9.17) is 9.84 Å². The summed E-state index contributed by atoms with van der Waals surface area (Å²) in [5.41, 5.74) is 0. The van der Waals surface area contributed by atoms with Crippen LogP contribution in [0.2, 0.25) is 0 Å². The second-order valence-corrected chi connectivity index (χ2v) is 3.31. The van der Waals surface area contributed by atoms with E-state index in [1.807, 2.05) is 13.8 Å². The van der Waals surface area contributed by atoms with Crippen molar-refractivity contribution < 1.29 is 14.6 Å². The van der Waals surface area contributed by atoms with Gasteiger partial charge in [0.1, 0.15) is 4.88 Å². The van der Waals surface area contributed by atoms with Crippen molar-refractivity contribution in [1.82, 2.24) is 4.37 Å². The Morgan fingerprint density at radius 3 is 2.83 bits per heavy atom. The standard InChI is InChI=1S/C7H9NO3S/c1-4(2)11-6-3-5(7(9)10)12-8-6/h3-4H,1-2H3,(H,9,10).